The Bertz CT molecular complexity index is 522. The van der Waals surface area contributed by atoms with Gasteiger partial charge < -0.3 is 5.32 Å². The van der Waals surface area contributed by atoms with Gasteiger partial charge in [-0.3, -0.25) is 0 Å². The first kappa shape index (κ1) is 11.5. The third kappa shape index (κ3) is 2.32. The molecule has 0 radical (unpaired) electrons. The van der Waals surface area contributed by atoms with Crippen molar-refractivity contribution in [3.05, 3.63) is 59.7 Å². The van der Waals surface area contributed by atoms with Gasteiger partial charge in [0, 0.05) is 6.54 Å². The number of hydrogen-bond donors (Lipinski definition) is 1. The summed E-state index contributed by atoms with van der Waals surface area (Å²) in [6, 6.07) is 17.8. The molecule has 2 aromatic carbocycles. The van der Waals surface area contributed by atoms with E-state index in [1.54, 1.807) is 0 Å². The molecule has 1 heterocycles. The van der Waals surface area contributed by atoms with Crippen LogP contribution in [0.1, 0.15) is 23.5 Å². The first-order valence-electron chi connectivity index (χ1n) is 6.71. The van der Waals surface area contributed by atoms with Crippen molar-refractivity contribution in [3.63, 3.8) is 0 Å². The Morgan fingerprint density at radius 1 is 1.00 bits per heavy atom. The van der Waals surface area contributed by atoms with Gasteiger partial charge in [-0.25, -0.2) is 0 Å². The zero-order valence-corrected chi connectivity index (χ0v) is 10.8. The van der Waals surface area contributed by atoms with E-state index in [9.17, 15) is 0 Å². The Balaban J connectivity index is 1.92. The van der Waals surface area contributed by atoms with Crippen LogP contribution in [0, 0.1) is 6.92 Å². The van der Waals surface area contributed by atoms with Gasteiger partial charge in [-0.2, -0.15) is 0 Å². The summed E-state index contributed by atoms with van der Waals surface area (Å²) in [5.74, 6) is 0.690. The van der Waals surface area contributed by atoms with Gasteiger partial charge in [0.1, 0.15) is 0 Å². The van der Waals surface area contributed by atoms with Crippen LogP contribution in [-0.4, -0.2) is 13.1 Å². The van der Waals surface area contributed by atoms with Gasteiger partial charge in [0.05, 0.1) is 0 Å². The molecule has 3 rings (SSSR count). The van der Waals surface area contributed by atoms with Crippen LogP contribution < -0.4 is 5.32 Å². The summed E-state index contributed by atoms with van der Waals surface area (Å²) < 4.78 is 0. The van der Waals surface area contributed by atoms with Crippen LogP contribution in [0.3, 0.4) is 0 Å². The van der Waals surface area contributed by atoms with Crippen LogP contribution in [0.25, 0.3) is 11.1 Å². The van der Waals surface area contributed by atoms with Crippen LogP contribution in [0.5, 0.6) is 0 Å². The van der Waals surface area contributed by atoms with E-state index in [1.165, 1.54) is 28.7 Å². The normalized spacial score (nSPS) is 19.1. The van der Waals surface area contributed by atoms with Gasteiger partial charge in [0.2, 0.25) is 0 Å². The van der Waals surface area contributed by atoms with Crippen molar-refractivity contribution < 1.29 is 0 Å². The van der Waals surface area contributed by atoms with Gasteiger partial charge in [-0.05, 0) is 42.5 Å². The molecule has 0 saturated carbocycles. The molecule has 1 aliphatic rings. The zero-order valence-electron chi connectivity index (χ0n) is 10.8. The maximum absolute atomic E-state index is 3.44. The third-order valence-corrected chi connectivity index (χ3v) is 3.80. The molecule has 1 aliphatic heterocycles. The van der Waals surface area contributed by atoms with E-state index in [1.807, 2.05) is 0 Å². The maximum atomic E-state index is 3.44. The molecule has 92 valence electrons. The molecule has 1 nitrogen and oxygen atoms in total. The highest BCUT2D eigenvalue weighted by Crippen LogP contribution is 2.27. The first-order chi connectivity index (χ1) is 8.83. The molecular weight excluding hydrogens is 218 g/mol. The Morgan fingerprint density at radius 3 is 2.56 bits per heavy atom. The van der Waals surface area contributed by atoms with Gasteiger partial charge in [0.25, 0.3) is 0 Å². The topological polar surface area (TPSA) is 12.0 Å². The lowest BCUT2D eigenvalue weighted by Gasteiger charge is -2.11. The van der Waals surface area contributed by atoms with Crippen LogP contribution >= 0.6 is 0 Å². The predicted molar refractivity (Wildman–Crippen MR) is 76.8 cm³/mol. The SMILES string of the molecule is Cc1ccc(-c2cccc(C3CCNC3)c2)cc1. The minimum atomic E-state index is 0.690. The van der Waals surface area contributed by atoms with Crippen molar-refractivity contribution in [3.8, 4) is 11.1 Å². The standard InChI is InChI=1S/C17H19N/c1-13-5-7-14(8-6-13)15-3-2-4-16(11-15)17-9-10-18-12-17/h2-8,11,17-18H,9-10,12H2,1H3. The van der Waals surface area contributed by atoms with E-state index in [2.05, 4.69) is 60.8 Å². The lowest BCUT2D eigenvalue weighted by atomic mass is 9.94. The Kier molecular flexibility index (Phi) is 3.16. The number of aryl methyl sites for hydroxylation is 1. The highest BCUT2D eigenvalue weighted by atomic mass is 14.9. The molecule has 1 unspecified atom stereocenters. The van der Waals surface area contributed by atoms with E-state index in [0.29, 0.717) is 5.92 Å². The predicted octanol–water partition coefficient (Wildman–Crippen LogP) is 3.74. The van der Waals surface area contributed by atoms with Crippen LogP contribution in [-0.2, 0) is 0 Å². The summed E-state index contributed by atoms with van der Waals surface area (Å²) in [4.78, 5) is 0. The lowest BCUT2D eigenvalue weighted by molar-refractivity contribution is 0.764. The molecule has 0 aromatic heterocycles. The molecule has 1 heteroatoms. The van der Waals surface area contributed by atoms with Gasteiger partial charge in [-0.1, -0.05) is 54.1 Å². The van der Waals surface area contributed by atoms with Crippen molar-refractivity contribution in [2.45, 2.75) is 19.3 Å². The minimum Gasteiger partial charge on any atom is -0.316 e. The van der Waals surface area contributed by atoms with Gasteiger partial charge in [-0.15, -0.1) is 0 Å². The minimum absolute atomic E-state index is 0.690. The van der Waals surface area contributed by atoms with E-state index in [0.717, 1.165) is 13.1 Å². The second-order valence-corrected chi connectivity index (χ2v) is 5.18. The Hall–Kier alpha value is -1.60. The van der Waals surface area contributed by atoms with Crippen molar-refractivity contribution in [1.29, 1.82) is 0 Å². The number of hydrogen-bond acceptors (Lipinski definition) is 1. The Morgan fingerprint density at radius 2 is 1.83 bits per heavy atom. The van der Waals surface area contributed by atoms with Gasteiger partial charge >= 0.3 is 0 Å². The van der Waals surface area contributed by atoms with Crippen LogP contribution in [0.4, 0.5) is 0 Å². The Labute approximate surface area is 109 Å². The van der Waals surface area contributed by atoms with E-state index >= 15 is 0 Å². The molecule has 2 aromatic rings. The van der Waals surface area contributed by atoms with E-state index in [-0.39, 0.29) is 0 Å². The third-order valence-electron chi connectivity index (χ3n) is 3.80. The number of rotatable bonds is 2. The zero-order chi connectivity index (χ0) is 12.4. The highest BCUT2D eigenvalue weighted by Gasteiger charge is 2.16. The molecule has 1 fully saturated rings. The molecule has 0 spiro atoms. The first-order valence-corrected chi connectivity index (χ1v) is 6.71. The average Bonchev–Trinajstić information content (AvgIpc) is 2.94. The van der Waals surface area contributed by atoms with E-state index in [4.69, 9.17) is 0 Å². The monoisotopic (exact) mass is 237 g/mol. The lowest BCUT2D eigenvalue weighted by Crippen LogP contribution is -2.07. The fourth-order valence-electron chi connectivity index (χ4n) is 2.66. The summed E-state index contributed by atoms with van der Waals surface area (Å²) in [5.41, 5.74) is 5.43. The average molecular weight is 237 g/mol. The smallest absolute Gasteiger partial charge is 0.00206 e. The fraction of sp³-hybridized carbons (Fsp3) is 0.294. The van der Waals surface area contributed by atoms with Crippen LogP contribution in [0.15, 0.2) is 48.5 Å². The molecule has 0 aliphatic carbocycles. The van der Waals surface area contributed by atoms with Crippen molar-refractivity contribution in [2.75, 3.05) is 13.1 Å². The summed E-state index contributed by atoms with van der Waals surface area (Å²) >= 11 is 0. The fourth-order valence-corrected chi connectivity index (χ4v) is 2.66. The second kappa shape index (κ2) is 4.95. The number of benzene rings is 2. The molecule has 0 bridgehead atoms. The molecule has 18 heavy (non-hydrogen) atoms. The molecule has 1 N–H and O–H groups in total. The summed E-state index contributed by atoms with van der Waals surface area (Å²) in [7, 11) is 0. The van der Waals surface area contributed by atoms with E-state index < -0.39 is 0 Å². The van der Waals surface area contributed by atoms with Crippen molar-refractivity contribution >= 4 is 0 Å². The van der Waals surface area contributed by atoms with Crippen molar-refractivity contribution in [1.82, 2.24) is 5.32 Å². The summed E-state index contributed by atoms with van der Waals surface area (Å²) in [6.07, 6.45) is 1.26. The molecular formula is C17H19N. The summed E-state index contributed by atoms with van der Waals surface area (Å²) in [6.45, 7) is 4.40. The molecule has 0 amide bonds. The van der Waals surface area contributed by atoms with Crippen molar-refractivity contribution in [2.24, 2.45) is 0 Å². The second-order valence-electron chi connectivity index (χ2n) is 5.18. The van der Waals surface area contributed by atoms with Crippen LogP contribution in [0.2, 0.25) is 0 Å². The summed E-state index contributed by atoms with van der Waals surface area (Å²) in [5, 5.41) is 3.44. The maximum Gasteiger partial charge on any atom is 0.00206 e. The quantitative estimate of drug-likeness (QED) is 0.839. The molecule has 1 saturated heterocycles. The largest absolute Gasteiger partial charge is 0.316 e. The number of nitrogens with one attached hydrogen (secondary N) is 1. The highest BCUT2D eigenvalue weighted by molar-refractivity contribution is 5.64. The van der Waals surface area contributed by atoms with Gasteiger partial charge in [0.15, 0.2) is 0 Å². The molecule has 1 atom stereocenters.